The molecule has 0 unspecified atom stereocenters. The van der Waals surface area contributed by atoms with Crippen LogP contribution in [0.25, 0.3) is 0 Å². The van der Waals surface area contributed by atoms with E-state index in [0.29, 0.717) is 6.42 Å². The van der Waals surface area contributed by atoms with Crippen molar-refractivity contribution < 1.29 is 24.6 Å². The maximum atomic E-state index is 11.8. The van der Waals surface area contributed by atoms with Crippen LogP contribution in [-0.4, -0.2) is 53.0 Å². The third kappa shape index (κ3) is 21.7. The number of nitrogens with one attached hydrogen (secondary N) is 1. The van der Waals surface area contributed by atoms with E-state index in [2.05, 4.69) is 12.2 Å². The molecular weight excluding hydrogens is 377 g/mol. The summed E-state index contributed by atoms with van der Waals surface area (Å²) in [6, 6.07) is -1.12. The van der Waals surface area contributed by atoms with Crippen molar-refractivity contribution in [3.8, 4) is 0 Å². The molecule has 3 N–H and O–H groups in total. The quantitative estimate of drug-likeness (QED) is 0.178. The van der Waals surface area contributed by atoms with Crippen LogP contribution in [0.1, 0.15) is 122 Å². The summed E-state index contributed by atoms with van der Waals surface area (Å²) < 4.78 is 0. The third-order valence-electron chi connectivity index (χ3n) is 5.29. The van der Waals surface area contributed by atoms with E-state index in [1.165, 1.54) is 77.0 Å². The van der Waals surface area contributed by atoms with Crippen LogP contribution >= 0.6 is 0 Å². The Hall–Kier alpha value is -0.993. The number of unbranched alkanes of at least 4 members (excludes halogenated alkanes) is 14. The van der Waals surface area contributed by atoms with Crippen LogP contribution in [-0.2, 0) is 14.4 Å². The number of rotatable bonds is 21. The van der Waals surface area contributed by atoms with E-state index in [1.54, 1.807) is 0 Å². The molecule has 0 fully saturated rings. The molecule has 0 aromatic carbocycles. The number of carboxylic acids is 2. The van der Waals surface area contributed by atoms with Gasteiger partial charge in [0, 0.05) is 12.8 Å². The van der Waals surface area contributed by atoms with E-state index in [4.69, 9.17) is 10.2 Å². The summed E-state index contributed by atoms with van der Waals surface area (Å²) in [5.74, 6) is -2.55. The van der Waals surface area contributed by atoms with Gasteiger partial charge in [0.05, 0.1) is 0 Å². The molecule has 0 aliphatic heterocycles. The van der Waals surface area contributed by atoms with Crippen LogP contribution in [0, 0.1) is 0 Å². The number of amides is 1. The number of hydrogen-bond donors (Lipinski definition) is 3. The number of hydrogen-bond acceptors (Lipinski definition) is 3. The van der Waals surface area contributed by atoms with Crippen molar-refractivity contribution in [1.82, 2.24) is 5.32 Å². The molecule has 0 aromatic rings. The van der Waals surface area contributed by atoms with E-state index in [9.17, 15) is 14.4 Å². The molecule has 0 saturated heterocycles. The normalized spacial score (nSPS) is 11.5. The molecular formula is C23H44LiNO5. The summed E-state index contributed by atoms with van der Waals surface area (Å²) in [4.78, 5) is 33.4. The summed E-state index contributed by atoms with van der Waals surface area (Å²) in [5, 5.41) is 20.1. The molecule has 6 nitrogen and oxygen atoms in total. The number of aliphatic carboxylic acids is 2. The van der Waals surface area contributed by atoms with Crippen molar-refractivity contribution in [2.75, 3.05) is 0 Å². The molecule has 0 aliphatic carbocycles. The molecule has 0 aliphatic rings. The Balaban J connectivity index is 0. The average Bonchev–Trinajstić information content (AvgIpc) is 2.67. The Kier molecular flexibility index (Phi) is 23.6. The topological polar surface area (TPSA) is 104 Å². The fraction of sp³-hybridized carbons (Fsp3) is 0.870. The van der Waals surface area contributed by atoms with Gasteiger partial charge in [-0.3, -0.25) is 9.59 Å². The van der Waals surface area contributed by atoms with Gasteiger partial charge in [-0.1, -0.05) is 96.8 Å². The second-order valence-electron chi connectivity index (χ2n) is 8.09. The van der Waals surface area contributed by atoms with Crippen molar-refractivity contribution in [3.05, 3.63) is 0 Å². The standard InChI is InChI=1S/C23H43NO5.Li.H/c1-2-3-4-5-6-7-8-9-10-11-12-13-14-15-16-17-21(25)24-20(23(28)29)18-19-22(26)27;;/h20H,2-19H2,1H3,(H,24,25)(H,26,27)(H,28,29);;/t20-;;/m0../s1. The van der Waals surface area contributed by atoms with Crippen LogP contribution in [0.15, 0.2) is 0 Å². The minimum atomic E-state index is -1.18. The minimum absolute atomic E-state index is 0. The summed E-state index contributed by atoms with van der Waals surface area (Å²) in [6.45, 7) is 2.25. The number of carbonyl (C=O) groups excluding carboxylic acids is 1. The van der Waals surface area contributed by atoms with Gasteiger partial charge >= 0.3 is 30.8 Å². The molecule has 0 bridgehead atoms. The van der Waals surface area contributed by atoms with Gasteiger partial charge in [-0.15, -0.1) is 0 Å². The molecule has 30 heavy (non-hydrogen) atoms. The zero-order valence-corrected chi connectivity index (χ0v) is 18.4. The molecule has 1 atom stereocenters. The van der Waals surface area contributed by atoms with Gasteiger partial charge in [0.25, 0.3) is 0 Å². The van der Waals surface area contributed by atoms with Gasteiger partial charge in [-0.2, -0.15) is 0 Å². The molecule has 0 spiro atoms. The first-order chi connectivity index (χ1) is 14.0. The van der Waals surface area contributed by atoms with Crippen LogP contribution in [0.3, 0.4) is 0 Å². The first kappa shape index (κ1) is 31.2. The molecule has 0 heterocycles. The summed E-state index contributed by atoms with van der Waals surface area (Å²) in [6.07, 6.45) is 18.8. The second kappa shape index (κ2) is 22.7. The van der Waals surface area contributed by atoms with Crippen molar-refractivity contribution in [2.24, 2.45) is 0 Å². The first-order valence-corrected chi connectivity index (χ1v) is 11.7. The molecule has 0 radical (unpaired) electrons. The predicted molar refractivity (Wildman–Crippen MR) is 123 cm³/mol. The zero-order chi connectivity index (χ0) is 21.7. The molecule has 0 rings (SSSR count). The van der Waals surface area contributed by atoms with E-state index in [0.717, 1.165) is 19.3 Å². The zero-order valence-electron chi connectivity index (χ0n) is 18.4. The van der Waals surface area contributed by atoms with Gasteiger partial charge in [0.1, 0.15) is 6.04 Å². The van der Waals surface area contributed by atoms with E-state index >= 15 is 0 Å². The average molecular weight is 422 g/mol. The summed E-state index contributed by atoms with van der Waals surface area (Å²) >= 11 is 0. The Bertz CT molecular complexity index is 445. The number of carbonyl (C=O) groups is 3. The van der Waals surface area contributed by atoms with Crippen molar-refractivity contribution in [3.63, 3.8) is 0 Å². The van der Waals surface area contributed by atoms with Gasteiger partial charge in [-0.25, -0.2) is 4.79 Å². The van der Waals surface area contributed by atoms with Crippen molar-refractivity contribution in [2.45, 2.75) is 129 Å². The van der Waals surface area contributed by atoms with E-state index in [-0.39, 0.29) is 37.6 Å². The fourth-order valence-electron chi connectivity index (χ4n) is 3.45. The van der Waals surface area contributed by atoms with Gasteiger partial charge in [0.2, 0.25) is 5.91 Å². The second-order valence-corrected chi connectivity index (χ2v) is 8.09. The summed E-state index contributed by atoms with van der Waals surface area (Å²) in [7, 11) is 0. The third-order valence-corrected chi connectivity index (χ3v) is 5.29. The monoisotopic (exact) mass is 421 g/mol. The maximum absolute atomic E-state index is 11.8. The van der Waals surface area contributed by atoms with Crippen LogP contribution in [0.2, 0.25) is 0 Å². The van der Waals surface area contributed by atoms with E-state index in [1.807, 2.05) is 0 Å². The molecule has 7 heteroatoms. The number of carboxylic acid groups (broad SMARTS) is 2. The van der Waals surface area contributed by atoms with Gasteiger partial charge < -0.3 is 15.5 Å². The predicted octanol–water partition coefficient (Wildman–Crippen LogP) is 5.03. The van der Waals surface area contributed by atoms with Crippen LogP contribution in [0.5, 0.6) is 0 Å². The van der Waals surface area contributed by atoms with Gasteiger partial charge in [-0.05, 0) is 12.8 Å². The molecule has 1 amide bonds. The van der Waals surface area contributed by atoms with E-state index < -0.39 is 18.0 Å². The van der Waals surface area contributed by atoms with Crippen molar-refractivity contribution in [1.29, 1.82) is 0 Å². The van der Waals surface area contributed by atoms with Crippen LogP contribution < -0.4 is 5.32 Å². The first-order valence-electron chi connectivity index (χ1n) is 11.7. The fourth-order valence-corrected chi connectivity index (χ4v) is 3.45. The molecule has 0 aromatic heterocycles. The molecule has 0 saturated carbocycles. The molecule has 172 valence electrons. The Morgan fingerprint density at radius 2 is 1.07 bits per heavy atom. The Morgan fingerprint density at radius 1 is 0.667 bits per heavy atom. The summed E-state index contributed by atoms with van der Waals surface area (Å²) in [5.41, 5.74) is 0. The SMILES string of the molecule is CCCCCCCCCCCCCCCCCC(=O)N[C@@H](CCC(=O)O)C(=O)O.[LiH]. The van der Waals surface area contributed by atoms with Crippen molar-refractivity contribution >= 4 is 36.7 Å². The van der Waals surface area contributed by atoms with Gasteiger partial charge in [0.15, 0.2) is 0 Å². The Labute approximate surface area is 195 Å². The Morgan fingerprint density at radius 3 is 1.43 bits per heavy atom. The van der Waals surface area contributed by atoms with Crippen LogP contribution in [0.4, 0.5) is 0 Å².